The first kappa shape index (κ1) is 25.5. The number of hydrogen-bond acceptors (Lipinski definition) is 5. The van der Waals surface area contributed by atoms with Crippen molar-refractivity contribution in [1.29, 1.82) is 0 Å². The first-order chi connectivity index (χ1) is 16.7. The summed E-state index contributed by atoms with van der Waals surface area (Å²) in [7, 11) is 1.72. The molecule has 2 heterocycles. The van der Waals surface area contributed by atoms with Crippen LogP contribution in [-0.2, 0) is 32.1 Å². The van der Waals surface area contributed by atoms with Crippen LogP contribution in [0.2, 0.25) is 0 Å². The molecule has 2 aliphatic rings. The predicted octanol–water partition coefficient (Wildman–Crippen LogP) is 4.05. The maximum absolute atomic E-state index is 13.7. The fourth-order valence-electron chi connectivity index (χ4n) is 4.56. The molecule has 0 bridgehead atoms. The second-order valence-corrected chi connectivity index (χ2v) is 10.7. The molecule has 0 spiro atoms. The number of carbonyl (C=O) groups is 2. The molecule has 1 saturated heterocycles. The zero-order chi connectivity index (χ0) is 25.0. The summed E-state index contributed by atoms with van der Waals surface area (Å²) in [5.41, 5.74) is 1.72. The maximum atomic E-state index is 13.7. The highest BCUT2D eigenvalue weighted by Gasteiger charge is 2.36. The molecular formula is C27H39N3O5. The Balaban J connectivity index is 1.50. The molecule has 8 heteroatoms. The Kier molecular flexibility index (Phi) is 8.02. The van der Waals surface area contributed by atoms with Gasteiger partial charge in [-0.25, -0.2) is 4.79 Å². The van der Waals surface area contributed by atoms with Crippen molar-refractivity contribution in [1.82, 2.24) is 14.4 Å². The lowest BCUT2D eigenvalue weighted by atomic mass is 10.1. The number of methoxy groups -OCH3 is 1. The van der Waals surface area contributed by atoms with Crippen LogP contribution in [0, 0.1) is 5.92 Å². The van der Waals surface area contributed by atoms with E-state index in [-0.39, 0.29) is 12.5 Å². The zero-order valence-electron chi connectivity index (χ0n) is 21.5. The predicted molar refractivity (Wildman–Crippen MR) is 134 cm³/mol. The van der Waals surface area contributed by atoms with E-state index >= 15 is 0 Å². The molecule has 1 aliphatic heterocycles. The van der Waals surface area contributed by atoms with Gasteiger partial charge in [0.2, 0.25) is 0 Å². The molecule has 0 unspecified atom stereocenters. The van der Waals surface area contributed by atoms with E-state index in [0.717, 1.165) is 31.4 Å². The Bertz CT molecular complexity index is 1020. The van der Waals surface area contributed by atoms with E-state index in [1.165, 1.54) is 10.9 Å². The largest absolute Gasteiger partial charge is 0.444 e. The van der Waals surface area contributed by atoms with Crippen molar-refractivity contribution in [3.63, 3.8) is 0 Å². The molecule has 35 heavy (non-hydrogen) atoms. The van der Waals surface area contributed by atoms with E-state index in [1.54, 1.807) is 12.0 Å². The van der Waals surface area contributed by atoms with E-state index in [0.29, 0.717) is 38.8 Å². The van der Waals surface area contributed by atoms with Crippen molar-refractivity contribution in [2.45, 2.75) is 64.8 Å². The number of morpholine rings is 1. The van der Waals surface area contributed by atoms with Gasteiger partial charge in [0.15, 0.2) is 6.10 Å². The number of benzene rings is 1. The highest BCUT2D eigenvalue weighted by atomic mass is 16.6. The summed E-state index contributed by atoms with van der Waals surface area (Å²) in [6, 6.07) is 8.34. The van der Waals surface area contributed by atoms with Gasteiger partial charge < -0.3 is 28.6 Å². The number of carbonyl (C=O) groups excluding carboxylic acids is 2. The van der Waals surface area contributed by atoms with Crippen LogP contribution < -0.4 is 0 Å². The fourth-order valence-corrected chi connectivity index (χ4v) is 4.56. The minimum atomic E-state index is -0.676. The summed E-state index contributed by atoms with van der Waals surface area (Å²) in [6.45, 7) is 9.32. The summed E-state index contributed by atoms with van der Waals surface area (Å²) in [6.07, 6.45) is 4.32. The van der Waals surface area contributed by atoms with Gasteiger partial charge in [0.05, 0.1) is 13.2 Å². The van der Waals surface area contributed by atoms with E-state index in [9.17, 15) is 9.59 Å². The minimum Gasteiger partial charge on any atom is -0.444 e. The van der Waals surface area contributed by atoms with E-state index in [2.05, 4.69) is 22.9 Å². The van der Waals surface area contributed by atoms with Gasteiger partial charge >= 0.3 is 6.09 Å². The number of nitrogens with zero attached hydrogens (tertiary/aromatic N) is 3. The van der Waals surface area contributed by atoms with Gasteiger partial charge in [0.1, 0.15) is 5.60 Å². The van der Waals surface area contributed by atoms with Crippen LogP contribution in [-0.4, -0.2) is 78.0 Å². The van der Waals surface area contributed by atoms with Gasteiger partial charge in [-0.15, -0.1) is 0 Å². The molecule has 1 saturated carbocycles. The lowest BCUT2D eigenvalue weighted by molar-refractivity contribution is -0.149. The van der Waals surface area contributed by atoms with E-state index < -0.39 is 17.8 Å². The molecule has 0 N–H and O–H groups in total. The second-order valence-electron chi connectivity index (χ2n) is 10.7. The first-order valence-electron chi connectivity index (χ1n) is 12.7. The van der Waals surface area contributed by atoms with Crippen molar-refractivity contribution >= 4 is 22.9 Å². The van der Waals surface area contributed by atoms with Crippen molar-refractivity contribution in [3.8, 4) is 0 Å². The standard InChI is InChI=1S/C27H39N3O5/c1-27(2,3)35-26(32)29-13-15-34-24(19-29)25(31)30(16-20-10-11-20)18-21-17-28(12-7-14-33-4)23-9-6-5-8-22(21)23/h5-6,8-9,17,20,24H,7,10-16,18-19H2,1-4H3/t24-/m1/s1. The zero-order valence-corrected chi connectivity index (χ0v) is 21.5. The summed E-state index contributed by atoms with van der Waals surface area (Å²) in [5, 5.41) is 1.17. The van der Waals surface area contributed by atoms with Crippen LogP contribution in [0.1, 0.15) is 45.6 Å². The fraction of sp³-hybridized carbons (Fsp3) is 0.630. The molecule has 1 aliphatic carbocycles. The van der Waals surface area contributed by atoms with Gasteiger partial charge in [0.25, 0.3) is 5.91 Å². The van der Waals surface area contributed by atoms with Crippen molar-refractivity contribution in [3.05, 3.63) is 36.0 Å². The monoisotopic (exact) mass is 485 g/mol. The third-order valence-electron chi connectivity index (χ3n) is 6.46. The lowest BCUT2D eigenvalue weighted by Crippen LogP contribution is -2.53. The number of aromatic nitrogens is 1. The molecule has 1 aromatic carbocycles. The molecule has 2 fully saturated rings. The van der Waals surface area contributed by atoms with E-state index in [4.69, 9.17) is 14.2 Å². The summed E-state index contributed by atoms with van der Waals surface area (Å²) < 4.78 is 18.9. The number of ether oxygens (including phenoxy) is 3. The molecule has 2 amide bonds. The van der Waals surface area contributed by atoms with Crippen LogP contribution in [0.15, 0.2) is 30.5 Å². The smallest absolute Gasteiger partial charge is 0.410 e. The number of hydrogen-bond donors (Lipinski definition) is 0. The van der Waals surface area contributed by atoms with Crippen LogP contribution in [0.25, 0.3) is 10.9 Å². The van der Waals surface area contributed by atoms with Gasteiger partial charge in [-0.05, 0) is 57.6 Å². The molecular weight excluding hydrogens is 446 g/mol. The van der Waals surface area contributed by atoms with Crippen LogP contribution in [0.3, 0.4) is 0 Å². The van der Waals surface area contributed by atoms with Crippen LogP contribution in [0.4, 0.5) is 4.79 Å². The van der Waals surface area contributed by atoms with Gasteiger partial charge in [-0.3, -0.25) is 4.79 Å². The summed E-state index contributed by atoms with van der Waals surface area (Å²) in [4.78, 5) is 29.8. The van der Waals surface area contributed by atoms with Crippen LogP contribution in [0.5, 0.6) is 0 Å². The van der Waals surface area contributed by atoms with Crippen molar-refractivity contribution in [2.75, 3.05) is 40.0 Å². The molecule has 1 atom stereocenters. The molecule has 0 radical (unpaired) electrons. The first-order valence-corrected chi connectivity index (χ1v) is 12.7. The highest BCUT2D eigenvalue weighted by Crippen LogP contribution is 2.32. The quantitative estimate of drug-likeness (QED) is 0.501. The number of rotatable bonds is 9. The van der Waals surface area contributed by atoms with Crippen molar-refractivity contribution in [2.24, 2.45) is 5.92 Å². The summed E-state index contributed by atoms with van der Waals surface area (Å²) in [5.74, 6) is 0.487. The number of aryl methyl sites for hydroxylation is 1. The molecule has 8 nitrogen and oxygen atoms in total. The highest BCUT2D eigenvalue weighted by molar-refractivity contribution is 5.86. The van der Waals surface area contributed by atoms with Gasteiger partial charge in [0, 0.05) is 57.0 Å². The Morgan fingerprint density at radius 2 is 1.97 bits per heavy atom. The maximum Gasteiger partial charge on any atom is 0.410 e. The van der Waals surface area contributed by atoms with Gasteiger partial charge in [-0.1, -0.05) is 18.2 Å². The number of fused-ring (bicyclic) bond motifs is 1. The topological polar surface area (TPSA) is 73.2 Å². The number of para-hydroxylation sites is 1. The Labute approximate surface area is 208 Å². The lowest BCUT2D eigenvalue weighted by Gasteiger charge is -2.35. The van der Waals surface area contributed by atoms with Crippen LogP contribution >= 0.6 is 0 Å². The molecule has 1 aromatic heterocycles. The second kappa shape index (κ2) is 11.0. The Morgan fingerprint density at radius 1 is 1.20 bits per heavy atom. The molecule has 2 aromatic rings. The normalized spacial score (nSPS) is 18.6. The minimum absolute atomic E-state index is 0.0543. The van der Waals surface area contributed by atoms with Gasteiger partial charge in [-0.2, -0.15) is 0 Å². The number of amides is 2. The SMILES string of the molecule is COCCCn1cc(CN(CC2CC2)C(=O)[C@H]2CN(C(=O)OC(C)(C)C)CCO2)c2ccccc21. The van der Waals surface area contributed by atoms with E-state index in [1.807, 2.05) is 37.8 Å². The average molecular weight is 486 g/mol. The average Bonchev–Trinajstić information content (AvgIpc) is 3.58. The molecule has 192 valence electrons. The summed E-state index contributed by atoms with van der Waals surface area (Å²) >= 11 is 0. The Morgan fingerprint density at radius 3 is 2.69 bits per heavy atom. The third kappa shape index (κ3) is 6.76. The Hall–Kier alpha value is -2.58. The van der Waals surface area contributed by atoms with Crippen molar-refractivity contribution < 1.29 is 23.8 Å². The molecule has 4 rings (SSSR count). The third-order valence-corrected chi connectivity index (χ3v) is 6.46.